The molecule has 4 rings (SSSR count). The standard InChI is InChI=1S/C41H54N6O10/c1-2-13-30(36(51)40(55)43-23-33(48)46-35(37(42)52)27-16-8-4-9-17-27)44-39(54)32-22-29(57-25-26-14-6-3-7-15-26)24-47(32)41(56)31(20-12-21-34(49)50)45-38(53)28-18-10-5-11-19-28/h3-4,6-9,14-17,28-32,35H,2,5,10-13,18-25H2,1H3,(H2,42,52)(H,43,55)(H,44,54)(H,45,53)(H,46,48)(H,49,50)/t29-,30?,31+,32+,35+/m1/s1. The highest BCUT2D eigenvalue weighted by Crippen LogP contribution is 2.26. The summed E-state index contributed by atoms with van der Waals surface area (Å²) in [4.78, 5) is 105. The van der Waals surface area contributed by atoms with Gasteiger partial charge >= 0.3 is 5.97 Å². The number of aliphatic carboxylic acids is 1. The molecule has 6 amide bonds. The molecule has 2 aromatic carbocycles. The third-order valence-electron chi connectivity index (χ3n) is 10.2. The third-order valence-corrected chi connectivity index (χ3v) is 10.2. The molecule has 1 heterocycles. The van der Waals surface area contributed by atoms with Crippen LogP contribution in [0, 0.1) is 5.92 Å². The van der Waals surface area contributed by atoms with E-state index >= 15 is 0 Å². The molecule has 1 unspecified atom stereocenters. The van der Waals surface area contributed by atoms with Crippen LogP contribution in [0.4, 0.5) is 0 Å². The van der Waals surface area contributed by atoms with Crippen LogP contribution < -0.4 is 27.0 Å². The van der Waals surface area contributed by atoms with Gasteiger partial charge < -0.3 is 41.7 Å². The summed E-state index contributed by atoms with van der Waals surface area (Å²) in [6.45, 7) is 1.27. The van der Waals surface area contributed by atoms with E-state index in [0.717, 1.165) is 24.8 Å². The van der Waals surface area contributed by atoms with Crippen LogP contribution >= 0.6 is 0 Å². The Morgan fingerprint density at radius 2 is 1.49 bits per heavy atom. The molecule has 0 spiro atoms. The molecule has 1 saturated heterocycles. The summed E-state index contributed by atoms with van der Waals surface area (Å²) in [5.74, 6) is -6.70. The normalized spacial score (nSPS) is 18.4. The number of likely N-dealkylation sites (tertiary alicyclic amines) is 1. The van der Waals surface area contributed by atoms with E-state index in [2.05, 4.69) is 21.3 Å². The first-order chi connectivity index (χ1) is 27.4. The van der Waals surface area contributed by atoms with Gasteiger partial charge in [0.1, 0.15) is 18.1 Å². The Morgan fingerprint density at radius 1 is 0.842 bits per heavy atom. The smallest absolute Gasteiger partial charge is 0.303 e. The zero-order chi connectivity index (χ0) is 41.3. The number of primary amides is 1. The predicted molar refractivity (Wildman–Crippen MR) is 207 cm³/mol. The van der Waals surface area contributed by atoms with Crippen molar-refractivity contribution in [1.82, 2.24) is 26.2 Å². The number of benzene rings is 2. The molecule has 16 heteroatoms. The van der Waals surface area contributed by atoms with Crippen molar-refractivity contribution < 1.29 is 48.2 Å². The van der Waals surface area contributed by atoms with Crippen molar-refractivity contribution in [3.63, 3.8) is 0 Å². The molecule has 2 fully saturated rings. The minimum Gasteiger partial charge on any atom is -0.481 e. The first kappa shape index (κ1) is 44.1. The molecule has 308 valence electrons. The van der Waals surface area contributed by atoms with E-state index in [4.69, 9.17) is 10.5 Å². The highest BCUT2D eigenvalue weighted by Gasteiger charge is 2.44. The number of carboxylic acid groups (broad SMARTS) is 1. The summed E-state index contributed by atoms with van der Waals surface area (Å²) >= 11 is 0. The van der Waals surface area contributed by atoms with Gasteiger partial charge in [-0.05, 0) is 43.2 Å². The third kappa shape index (κ3) is 13.5. The number of hydrogen-bond acceptors (Lipinski definition) is 9. The Balaban J connectivity index is 1.47. The van der Waals surface area contributed by atoms with Crippen LogP contribution in [0.3, 0.4) is 0 Å². The molecule has 1 aliphatic heterocycles. The molecule has 0 radical (unpaired) electrons. The largest absolute Gasteiger partial charge is 0.481 e. The van der Waals surface area contributed by atoms with Gasteiger partial charge in [-0.15, -0.1) is 0 Å². The van der Waals surface area contributed by atoms with Gasteiger partial charge in [0.2, 0.25) is 35.3 Å². The fourth-order valence-corrected chi connectivity index (χ4v) is 7.18. The molecule has 7 N–H and O–H groups in total. The zero-order valence-electron chi connectivity index (χ0n) is 32.3. The Hall–Kier alpha value is -5.64. The second-order valence-electron chi connectivity index (χ2n) is 14.6. The van der Waals surface area contributed by atoms with Gasteiger partial charge in [0.15, 0.2) is 0 Å². The minimum absolute atomic E-state index is 0.0181. The van der Waals surface area contributed by atoms with Crippen molar-refractivity contribution in [2.45, 2.75) is 114 Å². The number of ketones is 1. The lowest BCUT2D eigenvalue weighted by Crippen LogP contribution is -2.57. The van der Waals surface area contributed by atoms with Gasteiger partial charge in [0.25, 0.3) is 5.91 Å². The van der Waals surface area contributed by atoms with Crippen molar-refractivity contribution in [2.75, 3.05) is 13.1 Å². The Kier molecular flexibility index (Phi) is 17.2. The summed E-state index contributed by atoms with van der Waals surface area (Å²) in [7, 11) is 0. The van der Waals surface area contributed by atoms with Crippen molar-refractivity contribution in [3.05, 3.63) is 71.8 Å². The van der Waals surface area contributed by atoms with Gasteiger partial charge in [-0.3, -0.25) is 38.4 Å². The Bertz CT molecular complexity index is 1720. The molecule has 1 saturated carbocycles. The maximum atomic E-state index is 14.3. The summed E-state index contributed by atoms with van der Waals surface area (Å²) < 4.78 is 6.14. The summed E-state index contributed by atoms with van der Waals surface area (Å²) in [6.07, 6.45) is 3.94. The van der Waals surface area contributed by atoms with Gasteiger partial charge in [-0.25, -0.2) is 0 Å². The van der Waals surface area contributed by atoms with E-state index in [1.807, 2.05) is 30.3 Å². The Labute approximate surface area is 332 Å². The van der Waals surface area contributed by atoms with Crippen LogP contribution in [-0.4, -0.2) is 94.5 Å². The maximum absolute atomic E-state index is 14.3. The second kappa shape index (κ2) is 22.2. The number of hydrogen-bond donors (Lipinski definition) is 6. The van der Waals surface area contributed by atoms with Gasteiger partial charge in [-0.1, -0.05) is 93.3 Å². The molecule has 2 aromatic rings. The lowest BCUT2D eigenvalue weighted by molar-refractivity contribution is -0.144. The Morgan fingerprint density at radius 3 is 2.12 bits per heavy atom. The van der Waals surface area contributed by atoms with Crippen molar-refractivity contribution >= 4 is 47.2 Å². The number of Topliss-reactive ketones (excluding diaryl/α,β-unsaturated/α-hetero) is 1. The number of nitrogens with zero attached hydrogens (tertiary/aromatic N) is 1. The average molecular weight is 791 g/mol. The number of nitrogens with two attached hydrogens (primary N) is 1. The molecule has 5 atom stereocenters. The van der Waals surface area contributed by atoms with Crippen molar-refractivity contribution in [2.24, 2.45) is 11.7 Å². The molecule has 1 aliphatic carbocycles. The quantitative estimate of drug-likeness (QED) is 0.100. The van der Waals surface area contributed by atoms with Crippen LogP contribution in [-0.2, 0) is 49.7 Å². The molecule has 16 nitrogen and oxygen atoms in total. The monoisotopic (exact) mass is 790 g/mol. The van der Waals surface area contributed by atoms with E-state index in [-0.39, 0.29) is 57.1 Å². The number of ether oxygens (including phenoxy) is 1. The number of carboxylic acids is 1. The predicted octanol–water partition coefficient (Wildman–Crippen LogP) is 1.81. The van der Waals surface area contributed by atoms with E-state index in [0.29, 0.717) is 24.8 Å². The SMILES string of the molecule is CCCC(NC(=O)[C@@H]1C[C@@H](OCc2ccccc2)CN1C(=O)[C@H](CCCC(=O)O)NC(=O)C1CCCCC1)C(=O)C(=O)NCC(=O)N[C@H](C(N)=O)c1ccccc1. The number of rotatable bonds is 21. The fourth-order valence-electron chi connectivity index (χ4n) is 7.18. The fraction of sp³-hybridized carbons (Fsp3) is 0.512. The van der Waals surface area contributed by atoms with E-state index < -0.39 is 78.1 Å². The minimum atomic E-state index is -1.31. The zero-order valence-corrected chi connectivity index (χ0v) is 32.3. The first-order valence-corrected chi connectivity index (χ1v) is 19.6. The van der Waals surface area contributed by atoms with Crippen LogP contribution in [0.1, 0.15) is 94.7 Å². The van der Waals surface area contributed by atoms with Crippen LogP contribution in [0.25, 0.3) is 0 Å². The molecule has 2 aliphatic rings. The molecule has 0 bridgehead atoms. The highest BCUT2D eigenvalue weighted by molar-refractivity contribution is 6.38. The van der Waals surface area contributed by atoms with Gasteiger partial charge in [-0.2, -0.15) is 0 Å². The number of carbonyl (C=O) groups excluding carboxylic acids is 7. The van der Waals surface area contributed by atoms with Crippen LogP contribution in [0.5, 0.6) is 0 Å². The summed E-state index contributed by atoms with van der Waals surface area (Å²) in [5, 5.41) is 19.5. The number of amides is 6. The van der Waals surface area contributed by atoms with Gasteiger partial charge in [0.05, 0.1) is 25.3 Å². The van der Waals surface area contributed by atoms with Crippen LogP contribution in [0.2, 0.25) is 0 Å². The second-order valence-corrected chi connectivity index (χ2v) is 14.6. The lowest BCUT2D eigenvalue weighted by atomic mass is 9.88. The van der Waals surface area contributed by atoms with E-state index in [1.165, 1.54) is 4.90 Å². The topological polar surface area (TPSA) is 243 Å². The van der Waals surface area contributed by atoms with E-state index in [9.17, 15) is 43.5 Å². The average Bonchev–Trinajstić information content (AvgIpc) is 3.65. The van der Waals surface area contributed by atoms with E-state index in [1.54, 1.807) is 37.3 Å². The molecule has 57 heavy (non-hydrogen) atoms. The molecular formula is C41H54N6O10. The number of nitrogens with one attached hydrogen (secondary N) is 4. The molecule has 0 aromatic heterocycles. The maximum Gasteiger partial charge on any atom is 0.303 e. The van der Waals surface area contributed by atoms with Crippen molar-refractivity contribution in [3.8, 4) is 0 Å². The summed E-state index contributed by atoms with van der Waals surface area (Å²) in [6, 6.07) is 12.8. The molecular weight excluding hydrogens is 736 g/mol. The first-order valence-electron chi connectivity index (χ1n) is 19.6. The van der Waals surface area contributed by atoms with Gasteiger partial charge in [0, 0.05) is 25.3 Å². The van der Waals surface area contributed by atoms with Crippen molar-refractivity contribution in [1.29, 1.82) is 0 Å². The number of carbonyl (C=O) groups is 8. The highest BCUT2D eigenvalue weighted by atomic mass is 16.5. The van der Waals surface area contributed by atoms with Crippen LogP contribution in [0.15, 0.2) is 60.7 Å². The summed E-state index contributed by atoms with van der Waals surface area (Å²) in [5.41, 5.74) is 6.76. The lowest BCUT2D eigenvalue weighted by Gasteiger charge is -2.31.